The van der Waals surface area contributed by atoms with Gasteiger partial charge in [-0.2, -0.15) is 9.78 Å². The lowest BCUT2D eigenvalue weighted by Gasteiger charge is -2.11. The molecule has 2 amide bonds. The molecular formula is C26H26N6O2. The van der Waals surface area contributed by atoms with Gasteiger partial charge in [-0.05, 0) is 56.0 Å². The van der Waals surface area contributed by atoms with Gasteiger partial charge < -0.3 is 10.6 Å². The van der Waals surface area contributed by atoms with Crippen molar-refractivity contribution in [2.24, 2.45) is 0 Å². The average molecular weight is 455 g/mol. The van der Waals surface area contributed by atoms with Gasteiger partial charge in [-0.3, -0.25) is 9.59 Å². The van der Waals surface area contributed by atoms with Crippen molar-refractivity contribution < 1.29 is 9.59 Å². The number of hydrogen-bond donors (Lipinski definition) is 2. The standard InChI is InChI=1S/C26H26N6O2/c1-3-17-8-4-5-9-20(17)29-23(33)15-28-26(34)19-14-21(18-11-12-18)30-25-24(19)16(2)31-32(25)22-10-6-7-13-27-22/h4-10,13-14,18H,3,11-12,15H2,1-2H3,(H,28,34)(H,29,33). The van der Waals surface area contributed by atoms with Gasteiger partial charge in [-0.1, -0.05) is 31.2 Å². The van der Waals surface area contributed by atoms with E-state index in [0.717, 1.165) is 36.2 Å². The number of carbonyl (C=O) groups is 2. The number of carbonyl (C=O) groups excluding carboxylic acids is 2. The predicted molar refractivity (Wildman–Crippen MR) is 130 cm³/mol. The highest BCUT2D eigenvalue weighted by Gasteiger charge is 2.29. The Morgan fingerprint density at radius 3 is 2.65 bits per heavy atom. The summed E-state index contributed by atoms with van der Waals surface area (Å²) in [4.78, 5) is 35.1. The SMILES string of the molecule is CCc1ccccc1NC(=O)CNC(=O)c1cc(C2CC2)nc2c1c(C)nn2-c1ccccn1. The summed E-state index contributed by atoms with van der Waals surface area (Å²) in [6.45, 7) is 3.75. The van der Waals surface area contributed by atoms with Crippen molar-refractivity contribution in [2.45, 2.75) is 39.0 Å². The first-order valence-corrected chi connectivity index (χ1v) is 11.5. The second kappa shape index (κ2) is 9.05. The quantitative estimate of drug-likeness (QED) is 0.441. The summed E-state index contributed by atoms with van der Waals surface area (Å²) in [5.74, 6) is 0.387. The maximum Gasteiger partial charge on any atom is 0.252 e. The van der Waals surface area contributed by atoms with Crippen LogP contribution < -0.4 is 10.6 Å². The first-order chi connectivity index (χ1) is 16.5. The zero-order valence-corrected chi connectivity index (χ0v) is 19.2. The molecule has 1 aliphatic carbocycles. The number of anilines is 1. The Morgan fingerprint density at radius 2 is 1.91 bits per heavy atom. The minimum atomic E-state index is -0.322. The van der Waals surface area contributed by atoms with Gasteiger partial charge in [0.2, 0.25) is 5.91 Å². The van der Waals surface area contributed by atoms with Crippen LogP contribution in [0.2, 0.25) is 0 Å². The fourth-order valence-electron chi connectivity index (χ4n) is 4.12. The first kappa shape index (κ1) is 21.8. The van der Waals surface area contributed by atoms with Gasteiger partial charge in [-0.15, -0.1) is 0 Å². The summed E-state index contributed by atoms with van der Waals surface area (Å²) < 4.78 is 1.68. The molecule has 0 radical (unpaired) electrons. The fourth-order valence-corrected chi connectivity index (χ4v) is 4.12. The van der Waals surface area contributed by atoms with Crippen LogP contribution in [0.1, 0.15) is 53.0 Å². The Hall–Kier alpha value is -4.07. The molecule has 4 aromatic rings. The zero-order chi connectivity index (χ0) is 23.7. The van der Waals surface area contributed by atoms with Crippen molar-refractivity contribution in [3.8, 4) is 5.82 Å². The maximum absolute atomic E-state index is 13.3. The third-order valence-corrected chi connectivity index (χ3v) is 6.02. The molecule has 0 unspecified atom stereocenters. The number of amides is 2. The number of hydrogen-bond acceptors (Lipinski definition) is 5. The first-order valence-electron chi connectivity index (χ1n) is 11.5. The summed E-state index contributed by atoms with van der Waals surface area (Å²) >= 11 is 0. The van der Waals surface area contributed by atoms with Crippen LogP contribution >= 0.6 is 0 Å². The monoisotopic (exact) mass is 454 g/mol. The van der Waals surface area contributed by atoms with Gasteiger partial charge in [0.25, 0.3) is 5.91 Å². The van der Waals surface area contributed by atoms with Gasteiger partial charge in [0, 0.05) is 23.5 Å². The highest BCUT2D eigenvalue weighted by atomic mass is 16.2. The van der Waals surface area contributed by atoms with Gasteiger partial charge >= 0.3 is 0 Å². The van der Waals surface area contributed by atoms with E-state index in [-0.39, 0.29) is 18.4 Å². The number of aromatic nitrogens is 4. The molecule has 34 heavy (non-hydrogen) atoms. The fraction of sp³-hybridized carbons (Fsp3) is 0.269. The second-order valence-electron chi connectivity index (χ2n) is 8.49. The lowest BCUT2D eigenvalue weighted by molar-refractivity contribution is -0.115. The van der Waals surface area contributed by atoms with Crippen LogP contribution in [0.25, 0.3) is 16.9 Å². The van der Waals surface area contributed by atoms with E-state index in [9.17, 15) is 9.59 Å². The number of pyridine rings is 2. The van der Waals surface area contributed by atoms with Crippen LogP contribution in [0.4, 0.5) is 5.69 Å². The van der Waals surface area contributed by atoms with Crippen molar-refractivity contribution in [3.05, 3.63) is 77.2 Å². The summed E-state index contributed by atoms with van der Waals surface area (Å²) in [5, 5.41) is 11.0. The number of nitrogens with one attached hydrogen (secondary N) is 2. The molecule has 1 saturated carbocycles. The van der Waals surface area contributed by atoms with Crippen LogP contribution in [0, 0.1) is 6.92 Å². The van der Waals surface area contributed by atoms with E-state index in [0.29, 0.717) is 34.0 Å². The topological polar surface area (TPSA) is 102 Å². The molecule has 0 atom stereocenters. The molecule has 8 nitrogen and oxygen atoms in total. The molecular weight excluding hydrogens is 428 g/mol. The lowest BCUT2D eigenvalue weighted by Crippen LogP contribution is -2.33. The van der Waals surface area contributed by atoms with E-state index < -0.39 is 0 Å². The Morgan fingerprint density at radius 1 is 1.12 bits per heavy atom. The van der Waals surface area contributed by atoms with Crippen molar-refractivity contribution in [1.29, 1.82) is 0 Å². The molecule has 1 fully saturated rings. The third kappa shape index (κ3) is 4.26. The third-order valence-electron chi connectivity index (χ3n) is 6.02. The normalized spacial score (nSPS) is 13.1. The molecule has 172 valence electrons. The van der Waals surface area contributed by atoms with Crippen LogP contribution in [-0.4, -0.2) is 38.1 Å². The van der Waals surface area contributed by atoms with E-state index in [1.165, 1.54) is 0 Å². The number of fused-ring (bicyclic) bond motifs is 1. The second-order valence-corrected chi connectivity index (χ2v) is 8.49. The Labute approximate surface area is 197 Å². The van der Waals surface area contributed by atoms with E-state index in [4.69, 9.17) is 4.98 Å². The largest absolute Gasteiger partial charge is 0.343 e. The minimum Gasteiger partial charge on any atom is -0.343 e. The Bertz CT molecular complexity index is 1380. The van der Waals surface area contributed by atoms with Gasteiger partial charge in [0.1, 0.15) is 0 Å². The molecule has 3 aromatic heterocycles. The van der Waals surface area contributed by atoms with Crippen molar-refractivity contribution in [1.82, 2.24) is 25.1 Å². The molecule has 0 aliphatic heterocycles. The number of para-hydroxylation sites is 1. The smallest absolute Gasteiger partial charge is 0.252 e. The summed E-state index contributed by atoms with van der Waals surface area (Å²) in [6, 6.07) is 15.1. The predicted octanol–water partition coefficient (Wildman–Crippen LogP) is 3.93. The summed E-state index contributed by atoms with van der Waals surface area (Å²) in [5.41, 5.74) is 4.45. The molecule has 0 bridgehead atoms. The van der Waals surface area contributed by atoms with Crippen LogP contribution in [0.5, 0.6) is 0 Å². The van der Waals surface area contributed by atoms with E-state index in [1.807, 2.05) is 62.4 Å². The Balaban J connectivity index is 1.43. The van der Waals surface area contributed by atoms with Gasteiger partial charge in [-0.25, -0.2) is 9.97 Å². The molecule has 5 rings (SSSR count). The molecule has 3 heterocycles. The molecule has 1 aliphatic rings. The maximum atomic E-state index is 13.3. The van der Waals surface area contributed by atoms with E-state index in [2.05, 4.69) is 20.7 Å². The van der Waals surface area contributed by atoms with Gasteiger partial charge in [0.15, 0.2) is 11.5 Å². The highest BCUT2D eigenvalue weighted by molar-refractivity contribution is 6.08. The van der Waals surface area contributed by atoms with Gasteiger partial charge in [0.05, 0.1) is 23.2 Å². The zero-order valence-electron chi connectivity index (χ0n) is 19.2. The molecule has 0 saturated heterocycles. The van der Waals surface area contributed by atoms with Crippen LogP contribution in [0.15, 0.2) is 54.7 Å². The lowest BCUT2D eigenvalue weighted by atomic mass is 10.1. The molecule has 8 heteroatoms. The average Bonchev–Trinajstić information content (AvgIpc) is 3.66. The number of benzene rings is 1. The van der Waals surface area contributed by atoms with Crippen molar-refractivity contribution in [3.63, 3.8) is 0 Å². The minimum absolute atomic E-state index is 0.132. The summed E-state index contributed by atoms with van der Waals surface area (Å²) in [7, 11) is 0. The Kier molecular flexibility index (Phi) is 5.79. The van der Waals surface area contributed by atoms with E-state index in [1.54, 1.807) is 10.9 Å². The van der Waals surface area contributed by atoms with Crippen molar-refractivity contribution >= 4 is 28.5 Å². The molecule has 0 spiro atoms. The summed E-state index contributed by atoms with van der Waals surface area (Å²) in [6.07, 6.45) is 4.61. The van der Waals surface area contributed by atoms with Crippen LogP contribution in [0.3, 0.4) is 0 Å². The molecule has 2 N–H and O–H groups in total. The number of rotatable bonds is 7. The number of aryl methyl sites for hydroxylation is 2. The highest BCUT2D eigenvalue weighted by Crippen LogP contribution is 2.40. The van der Waals surface area contributed by atoms with E-state index >= 15 is 0 Å². The number of nitrogens with zero attached hydrogens (tertiary/aromatic N) is 4. The van der Waals surface area contributed by atoms with Crippen LogP contribution in [-0.2, 0) is 11.2 Å². The van der Waals surface area contributed by atoms with Crippen molar-refractivity contribution in [2.75, 3.05) is 11.9 Å². The molecule has 1 aromatic carbocycles.